The number of benzene rings is 2. The van der Waals surface area contributed by atoms with E-state index < -0.39 is 21.9 Å². The molecule has 0 radical (unpaired) electrons. The third-order valence-corrected chi connectivity index (χ3v) is 5.49. The molecule has 0 saturated heterocycles. The van der Waals surface area contributed by atoms with Crippen molar-refractivity contribution in [1.82, 2.24) is 4.31 Å². The Bertz CT molecular complexity index is 924. The van der Waals surface area contributed by atoms with Crippen molar-refractivity contribution in [2.45, 2.75) is 4.90 Å². The van der Waals surface area contributed by atoms with Gasteiger partial charge in [-0.1, -0.05) is 11.6 Å². The predicted molar refractivity (Wildman–Crippen MR) is 93.7 cm³/mol. The van der Waals surface area contributed by atoms with Crippen LogP contribution in [0.4, 0.5) is 5.69 Å². The van der Waals surface area contributed by atoms with Crippen molar-refractivity contribution in [2.24, 2.45) is 0 Å². The summed E-state index contributed by atoms with van der Waals surface area (Å²) in [5.41, 5.74) is 0.425. The monoisotopic (exact) mass is 382 g/mol. The molecule has 132 valence electrons. The summed E-state index contributed by atoms with van der Waals surface area (Å²) in [5.74, 6) is -1.69. The Hall–Kier alpha value is -2.42. The third-order valence-electron chi connectivity index (χ3n) is 3.35. The van der Waals surface area contributed by atoms with Gasteiger partial charge in [-0.25, -0.2) is 17.5 Å². The fourth-order valence-corrected chi connectivity index (χ4v) is 3.08. The first kappa shape index (κ1) is 18.9. The molecule has 0 spiro atoms. The number of nitrogens with zero attached hydrogens (tertiary/aromatic N) is 1. The van der Waals surface area contributed by atoms with Crippen LogP contribution in [-0.4, -0.2) is 43.8 Å². The number of anilines is 1. The highest BCUT2D eigenvalue weighted by molar-refractivity contribution is 7.89. The molecule has 2 aromatic rings. The van der Waals surface area contributed by atoms with Crippen LogP contribution in [0.2, 0.25) is 5.02 Å². The second-order valence-electron chi connectivity index (χ2n) is 5.27. The van der Waals surface area contributed by atoms with E-state index in [1.807, 2.05) is 0 Å². The van der Waals surface area contributed by atoms with Crippen LogP contribution in [0.5, 0.6) is 0 Å². The third kappa shape index (κ3) is 4.16. The van der Waals surface area contributed by atoms with Crippen molar-refractivity contribution in [2.75, 3.05) is 19.4 Å². The highest BCUT2D eigenvalue weighted by atomic mass is 35.5. The molecule has 0 aromatic heterocycles. The molecule has 0 aliphatic heterocycles. The number of halogens is 1. The molecular formula is C16H15ClN2O5S. The lowest BCUT2D eigenvalue weighted by atomic mass is 10.2. The first-order chi connectivity index (χ1) is 11.6. The average molecular weight is 383 g/mol. The molecule has 0 bridgehead atoms. The minimum Gasteiger partial charge on any atom is -0.478 e. The first-order valence-electron chi connectivity index (χ1n) is 6.99. The normalized spacial score (nSPS) is 11.4. The molecule has 9 heteroatoms. The Morgan fingerprint density at radius 1 is 1.08 bits per heavy atom. The number of aromatic carboxylic acids is 1. The van der Waals surface area contributed by atoms with Crippen molar-refractivity contribution >= 4 is 39.2 Å². The molecule has 0 saturated carbocycles. The molecule has 0 fully saturated rings. The summed E-state index contributed by atoms with van der Waals surface area (Å²) in [4.78, 5) is 23.1. The summed E-state index contributed by atoms with van der Waals surface area (Å²) in [6.45, 7) is 0. The lowest BCUT2D eigenvalue weighted by Crippen LogP contribution is -2.23. The van der Waals surface area contributed by atoms with E-state index in [1.54, 1.807) is 0 Å². The Balaban J connectivity index is 2.31. The van der Waals surface area contributed by atoms with Crippen LogP contribution in [-0.2, 0) is 10.0 Å². The molecule has 0 aliphatic rings. The quantitative estimate of drug-likeness (QED) is 0.826. The molecule has 7 nitrogen and oxygen atoms in total. The van der Waals surface area contributed by atoms with E-state index in [0.717, 1.165) is 4.31 Å². The van der Waals surface area contributed by atoms with E-state index in [-0.39, 0.29) is 21.0 Å². The van der Waals surface area contributed by atoms with Gasteiger partial charge in [0.05, 0.1) is 21.0 Å². The van der Waals surface area contributed by atoms with E-state index in [2.05, 4.69) is 5.32 Å². The summed E-state index contributed by atoms with van der Waals surface area (Å²) >= 11 is 6.01. The molecule has 25 heavy (non-hydrogen) atoms. The number of carbonyl (C=O) groups is 2. The van der Waals surface area contributed by atoms with Gasteiger partial charge in [-0.2, -0.15) is 0 Å². The number of carboxylic acid groups (broad SMARTS) is 1. The van der Waals surface area contributed by atoms with Gasteiger partial charge in [0.2, 0.25) is 10.0 Å². The standard InChI is InChI=1S/C16H15ClN2O5S/c1-19(2)25(23,24)12-7-8-14(17)13(9-12)15(20)18-11-5-3-10(4-6-11)16(21)22/h3-9H,1-2H3,(H,18,20)(H,21,22). The number of carbonyl (C=O) groups excluding carboxylic acids is 1. The number of rotatable bonds is 5. The maximum Gasteiger partial charge on any atom is 0.335 e. The zero-order valence-electron chi connectivity index (χ0n) is 13.4. The molecule has 0 aliphatic carbocycles. The van der Waals surface area contributed by atoms with Gasteiger partial charge in [0.1, 0.15) is 0 Å². The molecular weight excluding hydrogens is 368 g/mol. The van der Waals surface area contributed by atoms with E-state index in [0.29, 0.717) is 5.69 Å². The van der Waals surface area contributed by atoms with Gasteiger partial charge in [-0.05, 0) is 42.5 Å². The van der Waals surface area contributed by atoms with Gasteiger partial charge in [-0.15, -0.1) is 0 Å². The maximum atomic E-state index is 12.4. The van der Waals surface area contributed by atoms with Crippen LogP contribution < -0.4 is 5.32 Å². The number of hydrogen-bond donors (Lipinski definition) is 2. The van der Waals surface area contributed by atoms with Crippen LogP contribution >= 0.6 is 11.6 Å². The number of amides is 1. The van der Waals surface area contributed by atoms with E-state index in [9.17, 15) is 18.0 Å². The average Bonchev–Trinajstić information content (AvgIpc) is 2.55. The topological polar surface area (TPSA) is 104 Å². The van der Waals surface area contributed by atoms with Gasteiger partial charge in [-0.3, -0.25) is 4.79 Å². The first-order valence-corrected chi connectivity index (χ1v) is 8.81. The zero-order chi connectivity index (χ0) is 18.8. The van der Waals surface area contributed by atoms with E-state index in [4.69, 9.17) is 16.7 Å². The second-order valence-corrected chi connectivity index (χ2v) is 7.82. The van der Waals surface area contributed by atoms with Crippen molar-refractivity contribution in [3.05, 3.63) is 58.6 Å². The van der Waals surface area contributed by atoms with Crippen LogP contribution in [0.3, 0.4) is 0 Å². The highest BCUT2D eigenvalue weighted by Gasteiger charge is 2.21. The molecule has 1 amide bonds. The van der Waals surface area contributed by atoms with Crippen molar-refractivity contribution in [1.29, 1.82) is 0 Å². The zero-order valence-corrected chi connectivity index (χ0v) is 14.9. The highest BCUT2D eigenvalue weighted by Crippen LogP contribution is 2.23. The van der Waals surface area contributed by atoms with Crippen molar-refractivity contribution < 1.29 is 23.1 Å². The smallest absolute Gasteiger partial charge is 0.335 e. The molecule has 2 aromatic carbocycles. The van der Waals surface area contributed by atoms with Gasteiger partial charge >= 0.3 is 5.97 Å². The van der Waals surface area contributed by atoms with Gasteiger partial charge < -0.3 is 10.4 Å². The fraction of sp³-hybridized carbons (Fsp3) is 0.125. The van der Waals surface area contributed by atoms with Crippen molar-refractivity contribution in [3.63, 3.8) is 0 Å². The molecule has 0 atom stereocenters. The fourth-order valence-electron chi connectivity index (χ4n) is 1.94. The lowest BCUT2D eigenvalue weighted by molar-refractivity contribution is 0.0696. The number of carboxylic acids is 1. The SMILES string of the molecule is CN(C)S(=O)(=O)c1ccc(Cl)c(C(=O)Nc2ccc(C(=O)O)cc2)c1. The number of hydrogen-bond acceptors (Lipinski definition) is 4. The van der Waals surface area contributed by atoms with Crippen LogP contribution in [0.15, 0.2) is 47.4 Å². The van der Waals surface area contributed by atoms with Crippen LogP contribution in [0, 0.1) is 0 Å². The summed E-state index contributed by atoms with van der Waals surface area (Å²) in [7, 11) is -0.943. The maximum absolute atomic E-state index is 12.4. The van der Waals surface area contributed by atoms with Crippen LogP contribution in [0.25, 0.3) is 0 Å². The van der Waals surface area contributed by atoms with Gasteiger partial charge in [0.25, 0.3) is 5.91 Å². The largest absolute Gasteiger partial charge is 0.478 e. The number of nitrogens with one attached hydrogen (secondary N) is 1. The summed E-state index contributed by atoms with van der Waals surface area (Å²) in [5, 5.41) is 11.5. The number of sulfonamides is 1. The Morgan fingerprint density at radius 3 is 2.20 bits per heavy atom. The Morgan fingerprint density at radius 2 is 1.68 bits per heavy atom. The van der Waals surface area contributed by atoms with E-state index in [1.165, 1.54) is 56.6 Å². The summed E-state index contributed by atoms with van der Waals surface area (Å²) < 4.78 is 25.4. The molecule has 0 heterocycles. The lowest BCUT2D eigenvalue weighted by Gasteiger charge is -2.13. The molecule has 2 N–H and O–H groups in total. The minimum atomic E-state index is -3.71. The summed E-state index contributed by atoms with van der Waals surface area (Å²) in [6.07, 6.45) is 0. The Labute approximate surface area is 149 Å². The van der Waals surface area contributed by atoms with Crippen LogP contribution in [0.1, 0.15) is 20.7 Å². The van der Waals surface area contributed by atoms with Gasteiger partial charge in [0, 0.05) is 19.8 Å². The minimum absolute atomic E-state index is 0.00750. The van der Waals surface area contributed by atoms with Gasteiger partial charge in [0.15, 0.2) is 0 Å². The molecule has 2 rings (SSSR count). The second kappa shape index (κ2) is 7.22. The Kier molecular flexibility index (Phi) is 5.46. The van der Waals surface area contributed by atoms with Crippen molar-refractivity contribution in [3.8, 4) is 0 Å². The predicted octanol–water partition coefficient (Wildman–Crippen LogP) is 2.54. The summed E-state index contributed by atoms with van der Waals surface area (Å²) in [6, 6.07) is 9.37. The molecule has 0 unspecified atom stereocenters. The van der Waals surface area contributed by atoms with E-state index >= 15 is 0 Å².